The van der Waals surface area contributed by atoms with Crippen LogP contribution in [0.1, 0.15) is 38.1 Å². The van der Waals surface area contributed by atoms with E-state index in [0.717, 1.165) is 12.1 Å². The van der Waals surface area contributed by atoms with Gasteiger partial charge in [0.05, 0.1) is 16.3 Å². The van der Waals surface area contributed by atoms with Gasteiger partial charge in [0.1, 0.15) is 11.6 Å². The Morgan fingerprint density at radius 2 is 1.86 bits per heavy atom. The number of carbonyl (C=O) groups is 2. The highest BCUT2D eigenvalue weighted by Crippen LogP contribution is 2.30. The molecule has 1 aliphatic heterocycles. The number of amides is 2. The fourth-order valence-corrected chi connectivity index (χ4v) is 4.14. The van der Waals surface area contributed by atoms with E-state index in [1.54, 1.807) is 6.07 Å². The van der Waals surface area contributed by atoms with E-state index >= 15 is 0 Å². The van der Waals surface area contributed by atoms with Crippen LogP contribution in [0.4, 0.5) is 24.7 Å². The first-order valence-electron chi connectivity index (χ1n) is 11.4. The van der Waals surface area contributed by atoms with E-state index in [1.807, 2.05) is 37.5 Å². The van der Waals surface area contributed by atoms with Gasteiger partial charge >= 0.3 is 13.5 Å². The minimum absolute atomic E-state index is 0.0153. The third-order valence-corrected chi connectivity index (χ3v) is 6.02. The van der Waals surface area contributed by atoms with Gasteiger partial charge in [0.2, 0.25) is 5.91 Å². The molecule has 37 heavy (non-hydrogen) atoms. The zero-order chi connectivity index (χ0) is 27.7. The Kier molecular flexibility index (Phi) is 8.30. The van der Waals surface area contributed by atoms with Crippen LogP contribution in [0.5, 0.6) is 5.75 Å². The monoisotopic (exact) mass is 542 g/mol. The molecule has 3 N–H and O–H groups in total. The molecule has 2 amide bonds. The summed E-state index contributed by atoms with van der Waals surface area (Å²) in [7, 11) is -2.29. The van der Waals surface area contributed by atoms with Gasteiger partial charge in [-0.15, -0.1) is 13.2 Å². The van der Waals surface area contributed by atoms with Crippen molar-refractivity contribution < 1.29 is 37.5 Å². The molecule has 3 rings (SSSR count). The number of benzene rings is 1. The summed E-state index contributed by atoms with van der Waals surface area (Å²) in [5, 5.41) is 20.8. The van der Waals surface area contributed by atoms with Gasteiger partial charge in [-0.25, -0.2) is 4.98 Å². The van der Waals surface area contributed by atoms with E-state index in [1.165, 1.54) is 12.3 Å². The summed E-state index contributed by atoms with van der Waals surface area (Å²) in [5.74, 6) is -0.950. The molecule has 1 unspecified atom stereocenters. The maximum absolute atomic E-state index is 12.7. The molecule has 9 nitrogen and oxygen atoms in total. The van der Waals surface area contributed by atoms with Crippen LogP contribution in [0.15, 0.2) is 30.5 Å². The maximum atomic E-state index is 12.7. The van der Waals surface area contributed by atoms with Crippen molar-refractivity contribution in [3.05, 3.63) is 41.0 Å². The molecular weight excluding hydrogens is 516 g/mol. The average molecular weight is 543 g/mol. The number of pyridine rings is 1. The van der Waals surface area contributed by atoms with E-state index in [2.05, 4.69) is 15.0 Å². The molecule has 2 aromatic rings. The number of alkyl halides is 3. The van der Waals surface area contributed by atoms with E-state index in [0.29, 0.717) is 25.5 Å². The zero-order valence-corrected chi connectivity index (χ0v) is 21.4. The van der Waals surface area contributed by atoms with E-state index < -0.39 is 36.0 Å². The van der Waals surface area contributed by atoms with Gasteiger partial charge in [-0.1, -0.05) is 32.4 Å². The lowest BCUT2D eigenvalue weighted by Gasteiger charge is -2.42. The number of rotatable bonds is 5. The lowest BCUT2D eigenvalue weighted by molar-refractivity contribution is -0.274. The van der Waals surface area contributed by atoms with Gasteiger partial charge in [0, 0.05) is 48.8 Å². The summed E-state index contributed by atoms with van der Waals surface area (Å²) < 4.78 is 42.1. The quantitative estimate of drug-likeness (QED) is 0.498. The van der Waals surface area contributed by atoms with Gasteiger partial charge in [0.25, 0.3) is 5.91 Å². The average Bonchev–Trinajstić information content (AvgIpc) is 2.78. The molecule has 2 heterocycles. The maximum Gasteiger partial charge on any atom is 0.573 e. The first-order valence-corrected chi connectivity index (χ1v) is 11.7. The Balaban J connectivity index is 1.73. The second kappa shape index (κ2) is 10.8. The molecule has 1 aromatic carbocycles. The van der Waals surface area contributed by atoms with Crippen molar-refractivity contribution in [2.24, 2.45) is 5.41 Å². The van der Waals surface area contributed by atoms with Crippen molar-refractivity contribution >= 4 is 47.5 Å². The third kappa shape index (κ3) is 7.05. The van der Waals surface area contributed by atoms with Crippen molar-refractivity contribution in [3.8, 4) is 5.75 Å². The van der Waals surface area contributed by atoms with Crippen molar-refractivity contribution in [1.29, 1.82) is 0 Å². The fraction of sp³-hybridized carbons (Fsp3) is 0.435. The molecular formula is C23H27BClF3N4O5. The Labute approximate surface area is 217 Å². The molecule has 1 fully saturated rings. The summed E-state index contributed by atoms with van der Waals surface area (Å²) in [6.45, 7) is 9.21. The fourth-order valence-electron chi connectivity index (χ4n) is 3.92. The summed E-state index contributed by atoms with van der Waals surface area (Å²) in [5.41, 5.74) is -1.22. The highest BCUT2D eigenvalue weighted by Gasteiger charge is 2.35. The third-order valence-electron chi connectivity index (χ3n) is 5.71. The smallest absolute Gasteiger partial charge is 0.423 e. The molecule has 0 spiro atoms. The normalized spacial score (nSPS) is 16.4. The zero-order valence-electron chi connectivity index (χ0n) is 20.6. The van der Waals surface area contributed by atoms with E-state index in [9.17, 15) is 32.8 Å². The summed E-state index contributed by atoms with van der Waals surface area (Å²) in [6, 6.07) is 4.74. The number of piperazine rings is 1. The van der Waals surface area contributed by atoms with Crippen molar-refractivity contribution in [3.63, 3.8) is 0 Å². The number of nitrogens with one attached hydrogen (secondary N) is 1. The van der Waals surface area contributed by atoms with Gasteiger partial charge in [-0.05, 0) is 25.1 Å². The molecule has 0 aliphatic carbocycles. The van der Waals surface area contributed by atoms with Gasteiger partial charge in [-0.3, -0.25) is 9.59 Å². The number of halogens is 4. The predicted octanol–water partition coefficient (Wildman–Crippen LogP) is 2.65. The van der Waals surface area contributed by atoms with Crippen LogP contribution in [0, 0.1) is 5.41 Å². The van der Waals surface area contributed by atoms with Crippen LogP contribution in [0.3, 0.4) is 0 Å². The Bertz CT molecular complexity index is 1160. The minimum atomic E-state index is -5.11. The summed E-state index contributed by atoms with van der Waals surface area (Å²) in [4.78, 5) is 33.5. The summed E-state index contributed by atoms with van der Waals surface area (Å²) >= 11 is 6.03. The van der Waals surface area contributed by atoms with Gasteiger partial charge < -0.3 is 29.9 Å². The number of hydrogen-bond donors (Lipinski definition) is 3. The number of anilines is 2. The number of hydrogen-bond acceptors (Lipinski definition) is 7. The topological polar surface area (TPSA) is 115 Å². The van der Waals surface area contributed by atoms with Crippen molar-refractivity contribution in [2.45, 2.75) is 40.1 Å². The lowest BCUT2D eigenvalue weighted by Crippen LogP contribution is -2.56. The SMILES string of the molecule is CC1CN(C(=O)C(C)(C)C)CCN1c1ccc(C(=O)Nc2cc(OC(F)(F)F)c(B(O)O)cc2Cl)cn1. The first kappa shape index (κ1) is 28.5. The largest absolute Gasteiger partial charge is 0.573 e. The van der Waals surface area contributed by atoms with Crippen LogP contribution < -0.4 is 20.4 Å². The second-order valence-electron chi connectivity index (χ2n) is 9.69. The van der Waals surface area contributed by atoms with Crippen molar-refractivity contribution in [2.75, 3.05) is 29.9 Å². The van der Waals surface area contributed by atoms with Crippen LogP contribution in [0.2, 0.25) is 5.02 Å². The highest BCUT2D eigenvalue weighted by molar-refractivity contribution is 6.60. The minimum Gasteiger partial charge on any atom is -0.423 e. The highest BCUT2D eigenvalue weighted by atomic mass is 35.5. The Morgan fingerprint density at radius 1 is 1.19 bits per heavy atom. The molecule has 0 saturated carbocycles. The van der Waals surface area contributed by atoms with E-state index in [-0.39, 0.29) is 28.2 Å². The number of ether oxygens (including phenoxy) is 1. The number of carbonyl (C=O) groups excluding carboxylic acids is 2. The van der Waals surface area contributed by atoms with Crippen LogP contribution in [-0.2, 0) is 4.79 Å². The molecule has 1 aromatic heterocycles. The van der Waals surface area contributed by atoms with Crippen LogP contribution >= 0.6 is 11.6 Å². The molecule has 1 saturated heterocycles. The molecule has 1 aliphatic rings. The lowest BCUT2D eigenvalue weighted by atomic mass is 9.79. The Hall–Kier alpha value is -3.03. The standard InChI is InChI=1S/C23H27BClF3N4O5/c1-13-12-31(21(34)22(2,3)4)7-8-32(13)19-6-5-14(11-29-19)20(33)30-17-10-18(37-23(26,27)28)15(24(35)36)9-16(17)25/h5-6,9-11,13,35-36H,7-8,12H2,1-4H3,(H,30,33). The van der Waals surface area contributed by atoms with Gasteiger partial charge in [0.15, 0.2) is 0 Å². The number of aromatic nitrogens is 1. The van der Waals surface area contributed by atoms with Crippen LogP contribution in [-0.4, -0.2) is 70.9 Å². The number of nitrogens with zero attached hydrogens (tertiary/aromatic N) is 3. The Morgan fingerprint density at radius 3 is 2.38 bits per heavy atom. The molecule has 0 radical (unpaired) electrons. The molecule has 200 valence electrons. The van der Waals surface area contributed by atoms with Crippen molar-refractivity contribution in [1.82, 2.24) is 9.88 Å². The van der Waals surface area contributed by atoms with E-state index in [4.69, 9.17) is 11.6 Å². The van der Waals surface area contributed by atoms with Crippen LogP contribution in [0.25, 0.3) is 0 Å². The molecule has 0 bridgehead atoms. The predicted molar refractivity (Wildman–Crippen MR) is 133 cm³/mol. The van der Waals surface area contributed by atoms with Gasteiger partial charge in [-0.2, -0.15) is 0 Å². The summed E-state index contributed by atoms with van der Waals surface area (Å²) in [6.07, 6.45) is -3.79. The molecule has 1 atom stereocenters. The molecule has 14 heteroatoms. The first-order chi connectivity index (χ1) is 17.1. The second-order valence-corrected chi connectivity index (χ2v) is 10.1.